The molecule has 25 heavy (non-hydrogen) atoms. The third-order valence-electron chi connectivity index (χ3n) is 4.43. The number of nitrogens with zero attached hydrogens (tertiary/aromatic N) is 1. The SMILES string of the molecule is Cc1cc(CNC(=O)N2CCOC[C@H]2C[C@@H](O)c2ccco2)c(C)o1. The number of carbonyl (C=O) groups excluding carboxylic acids is 1. The summed E-state index contributed by atoms with van der Waals surface area (Å²) in [6, 6.07) is 5.00. The number of aliphatic hydroxyl groups excluding tert-OH is 1. The average Bonchev–Trinajstić information content (AvgIpc) is 3.23. The Bertz CT molecular complexity index is 694. The lowest BCUT2D eigenvalue weighted by molar-refractivity contribution is -0.00974. The Hall–Kier alpha value is -2.25. The van der Waals surface area contributed by atoms with Gasteiger partial charge in [0.15, 0.2) is 0 Å². The van der Waals surface area contributed by atoms with Gasteiger partial charge < -0.3 is 28.9 Å². The number of carbonyl (C=O) groups is 1. The lowest BCUT2D eigenvalue weighted by Gasteiger charge is -2.36. The lowest BCUT2D eigenvalue weighted by atomic mass is 10.1. The van der Waals surface area contributed by atoms with E-state index in [4.69, 9.17) is 13.6 Å². The smallest absolute Gasteiger partial charge is 0.318 e. The van der Waals surface area contributed by atoms with Crippen LogP contribution < -0.4 is 5.32 Å². The van der Waals surface area contributed by atoms with Gasteiger partial charge in [-0.2, -0.15) is 0 Å². The molecule has 2 N–H and O–H groups in total. The predicted octanol–water partition coefficient (Wildman–Crippen LogP) is 2.52. The highest BCUT2D eigenvalue weighted by Gasteiger charge is 2.30. The molecule has 0 bridgehead atoms. The number of furan rings is 2. The molecule has 1 fully saturated rings. The summed E-state index contributed by atoms with van der Waals surface area (Å²) in [6.07, 6.45) is 1.12. The number of rotatable bonds is 5. The Balaban J connectivity index is 1.59. The minimum absolute atomic E-state index is 0.168. The van der Waals surface area contributed by atoms with Crippen LogP contribution in [0.5, 0.6) is 0 Å². The van der Waals surface area contributed by atoms with Crippen molar-refractivity contribution in [3.8, 4) is 0 Å². The van der Waals surface area contributed by atoms with Crippen molar-refractivity contribution in [3.63, 3.8) is 0 Å². The molecule has 3 heterocycles. The first-order valence-electron chi connectivity index (χ1n) is 8.44. The first-order valence-corrected chi connectivity index (χ1v) is 8.44. The van der Waals surface area contributed by atoms with Crippen LogP contribution in [0.2, 0.25) is 0 Å². The molecule has 2 aromatic rings. The standard InChI is InChI=1S/C18H24N2O5/c1-12-8-14(13(2)25-12)10-19-18(22)20-5-7-23-11-15(20)9-16(21)17-4-3-6-24-17/h3-4,6,8,15-16,21H,5,7,9-11H2,1-2H3,(H,19,22)/t15-,16-/m1/s1. The van der Waals surface area contributed by atoms with Crippen molar-refractivity contribution in [1.29, 1.82) is 0 Å². The van der Waals surface area contributed by atoms with Gasteiger partial charge in [0.25, 0.3) is 0 Å². The van der Waals surface area contributed by atoms with Crippen LogP contribution in [-0.4, -0.2) is 41.8 Å². The number of urea groups is 1. The maximum atomic E-state index is 12.6. The van der Waals surface area contributed by atoms with Crippen LogP contribution in [0.15, 0.2) is 33.3 Å². The van der Waals surface area contributed by atoms with Crippen LogP contribution in [0.4, 0.5) is 4.79 Å². The molecule has 0 spiro atoms. The first kappa shape index (κ1) is 17.6. The quantitative estimate of drug-likeness (QED) is 0.867. The summed E-state index contributed by atoms with van der Waals surface area (Å²) in [4.78, 5) is 14.3. The van der Waals surface area contributed by atoms with Crippen LogP contribution in [0.1, 0.15) is 35.4 Å². The highest BCUT2D eigenvalue weighted by molar-refractivity contribution is 5.74. The molecular weight excluding hydrogens is 324 g/mol. The Morgan fingerprint density at radius 3 is 3.00 bits per heavy atom. The van der Waals surface area contributed by atoms with Gasteiger partial charge in [-0.3, -0.25) is 0 Å². The van der Waals surface area contributed by atoms with Crippen LogP contribution in [0.3, 0.4) is 0 Å². The van der Waals surface area contributed by atoms with E-state index in [2.05, 4.69) is 5.32 Å². The summed E-state index contributed by atoms with van der Waals surface area (Å²) >= 11 is 0. The molecule has 3 rings (SSSR count). The molecule has 2 aromatic heterocycles. The van der Waals surface area contributed by atoms with E-state index < -0.39 is 6.10 Å². The lowest BCUT2D eigenvalue weighted by Crippen LogP contribution is -2.52. The van der Waals surface area contributed by atoms with Gasteiger partial charge in [-0.25, -0.2) is 4.79 Å². The van der Waals surface area contributed by atoms with Gasteiger partial charge in [-0.05, 0) is 32.0 Å². The van der Waals surface area contributed by atoms with Gasteiger partial charge >= 0.3 is 6.03 Å². The van der Waals surface area contributed by atoms with Gasteiger partial charge in [0.2, 0.25) is 0 Å². The summed E-state index contributed by atoms with van der Waals surface area (Å²) in [7, 11) is 0. The highest BCUT2D eigenvalue weighted by atomic mass is 16.5. The van der Waals surface area contributed by atoms with E-state index in [-0.39, 0.29) is 12.1 Å². The molecule has 0 saturated carbocycles. The number of amides is 2. The maximum Gasteiger partial charge on any atom is 0.318 e. The normalized spacial score (nSPS) is 19.0. The minimum atomic E-state index is -0.768. The maximum absolute atomic E-state index is 12.6. The molecule has 2 atom stereocenters. The molecule has 1 aliphatic heterocycles. The molecule has 2 amide bonds. The van der Waals surface area contributed by atoms with Crippen LogP contribution in [0, 0.1) is 13.8 Å². The zero-order chi connectivity index (χ0) is 17.8. The molecule has 7 heteroatoms. The summed E-state index contributed by atoms with van der Waals surface area (Å²) < 4.78 is 16.2. The molecular formula is C18H24N2O5. The molecule has 1 saturated heterocycles. The fraction of sp³-hybridized carbons (Fsp3) is 0.500. The summed E-state index contributed by atoms with van der Waals surface area (Å²) in [5, 5.41) is 13.2. The zero-order valence-electron chi connectivity index (χ0n) is 14.5. The van der Waals surface area contributed by atoms with Gasteiger partial charge in [0.05, 0.1) is 25.5 Å². The first-order chi connectivity index (χ1) is 12.0. The van der Waals surface area contributed by atoms with Crippen LogP contribution in [0.25, 0.3) is 0 Å². The van der Waals surface area contributed by atoms with Gasteiger partial charge in [0.1, 0.15) is 23.4 Å². The van der Waals surface area contributed by atoms with Crippen molar-refractivity contribution in [2.24, 2.45) is 0 Å². The Labute approximate surface area is 146 Å². The largest absolute Gasteiger partial charge is 0.467 e. The Morgan fingerprint density at radius 1 is 1.48 bits per heavy atom. The summed E-state index contributed by atoms with van der Waals surface area (Å²) in [5.74, 6) is 2.13. The van der Waals surface area contributed by atoms with E-state index in [1.54, 1.807) is 17.0 Å². The number of aliphatic hydroxyl groups is 1. The number of hydrogen-bond donors (Lipinski definition) is 2. The fourth-order valence-corrected chi connectivity index (χ4v) is 3.10. The van der Waals surface area contributed by atoms with E-state index in [9.17, 15) is 9.90 Å². The summed E-state index contributed by atoms with van der Waals surface area (Å²) in [5.41, 5.74) is 0.964. The third kappa shape index (κ3) is 4.24. The monoisotopic (exact) mass is 348 g/mol. The number of hydrogen-bond acceptors (Lipinski definition) is 5. The van der Waals surface area contributed by atoms with Gasteiger partial charge in [0, 0.05) is 25.1 Å². The number of nitrogens with one attached hydrogen (secondary N) is 1. The Kier molecular flexibility index (Phi) is 5.45. The van der Waals surface area contributed by atoms with Crippen LogP contribution in [-0.2, 0) is 11.3 Å². The van der Waals surface area contributed by atoms with E-state index in [1.807, 2.05) is 19.9 Å². The third-order valence-corrected chi connectivity index (χ3v) is 4.43. The van der Waals surface area contributed by atoms with E-state index in [0.717, 1.165) is 17.1 Å². The molecule has 0 aliphatic carbocycles. The molecule has 0 aromatic carbocycles. The molecule has 1 aliphatic rings. The second-order valence-electron chi connectivity index (χ2n) is 6.29. The van der Waals surface area contributed by atoms with Crippen LogP contribution >= 0.6 is 0 Å². The van der Waals surface area contributed by atoms with Gasteiger partial charge in [-0.15, -0.1) is 0 Å². The number of ether oxygens (including phenoxy) is 1. The van der Waals surface area contributed by atoms with Crippen molar-refractivity contribution in [1.82, 2.24) is 10.2 Å². The van der Waals surface area contributed by atoms with Crippen molar-refractivity contribution in [2.75, 3.05) is 19.8 Å². The average molecular weight is 348 g/mol. The highest BCUT2D eigenvalue weighted by Crippen LogP contribution is 2.23. The second-order valence-corrected chi connectivity index (χ2v) is 6.29. The minimum Gasteiger partial charge on any atom is -0.467 e. The van der Waals surface area contributed by atoms with Gasteiger partial charge in [-0.1, -0.05) is 0 Å². The number of aryl methyl sites for hydroxylation is 2. The number of morpholine rings is 1. The Morgan fingerprint density at radius 2 is 2.32 bits per heavy atom. The molecule has 0 unspecified atom stereocenters. The van der Waals surface area contributed by atoms with Crippen molar-refractivity contribution < 1.29 is 23.5 Å². The second kappa shape index (κ2) is 7.76. The van der Waals surface area contributed by atoms with E-state index in [0.29, 0.717) is 38.5 Å². The zero-order valence-corrected chi connectivity index (χ0v) is 14.5. The summed E-state index contributed by atoms with van der Waals surface area (Å²) in [6.45, 7) is 5.55. The van der Waals surface area contributed by atoms with Crippen molar-refractivity contribution in [3.05, 3.63) is 47.3 Å². The van der Waals surface area contributed by atoms with Crippen molar-refractivity contribution in [2.45, 2.75) is 39.0 Å². The molecule has 0 radical (unpaired) electrons. The topological polar surface area (TPSA) is 88.1 Å². The molecule has 136 valence electrons. The van der Waals surface area contributed by atoms with E-state index in [1.165, 1.54) is 6.26 Å². The predicted molar refractivity (Wildman–Crippen MR) is 90.0 cm³/mol. The van der Waals surface area contributed by atoms with E-state index >= 15 is 0 Å². The molecule has 7 nitrogen and oxygen atoms in total. The fourth-order valence-electron chi connectivity index (χ4n) is 3.10. The van der Waals surface area contributed by atoms with Crippen molar-refractivity contribution >= 4 is 6.03 Å².